The summed E-state index contributed by atoms with van der Waals surface area (Å²) in [7, 11) is 0. The lowest BCUT2D eigenvalue weighted by molar-refractivity contribution is -0.108. The first-order valence-corrected chi connectivity index (χ1v) is 7.63. The number of alkyl halides is 1. The molecule has 2 aromatic rings. The minimum Gasteiger partial charge on any atom is -0.460 e. The van der Waals surface area contributed by atoms with Gasteiger partial charge in [0.25, 0.3) is 0 Å². The lowest BCUT2D eigenvalue weighted by atomic mass is 9.85. The van der Waals surface area contributed by atoms with Crippen LogP contribution in [0, 0.1) is 5.82 Å². The molecular formula is C17H12BrFO2. The summed E-state index contributed by atoms with van der Waals surface area (Å²) in [5.41, 5.74) is 2.17. The molecule has 0 N–H and O–H groups in total. The van der Waals surface area contributed by atoms with Gasteiger partial charge in [0.1, 0.15) is 23.6 Å². The monoisotopic (exact) mass is 346 g/mol. The molecule has 1 unspecified atom stereocenters. The van der Waals surface area contributed by atoms with E-state index in [4.69, 9.17) is 4.74 Å². The summed E-state index contributed by atoms with van der Waals surface area (Å²) < 4.78 is 19.4. The molecule has 0 aromatic heterocycles. The number of para-hydroxylation sites is 1. The molecule has 2 aromatic carbocycles. The van der Waals surface area contributed by atoms with Gasteiger partial charge in [0.05, 0.1) is 11.2 Å². The van der Waals surface area contributed by atoms with Gasteiger partial charge in [-0.05, 0) is 23.8 Å². The van der Waals surface area contributed by atoms with Gasteiger partial charge >= 0.3 is 0 Å². The van der Waals surface area contributed by atoms with Crippen molar-refractivity contribution in [2.75, 3.05) is 5.33 Å². The Labute approximate surface area is 130 Å². The molecule has 21 heavy (non-hydrogen) atoms. The van der Waals surface area contributed by atoms with Crippen molar-refractivity contribution in [1.29, 1.82) is 0 Å². The first kappa shape index (κ1) is 14.0. The summed E-state index contributed by atoms with van der Waals surface area (Å²) in [5, 5.41) is 0.456. The van der Waals surface area contributed by atoms with Gasteiger partial charge in [0.15, 0.2) is 0 Å². The van der Waals surface area contributed by atoms with Gasteiger partial charge in [-0.2, -0.15) is 0 Å². The normalized spacial score (nSPS) is 17.1. The van der Waals surface area contributed by atoms with Crippen LogP contribution in [0.3, 0.4) is 0 Å². The Bertz CT molecular complexity index is 724. The molecule has 2 nitrogen and oxygen atoms in total. The van der Waals surface area contributed by atoms with Crippen molar-refractivity contribution >= 4 is 27.8 Å². The first-order chi connectivity index (χ1) is 10.2. The molecule has 4 heteroatoms. The zero-order valence-corrected chi connectivity index (χ0v) is 12.6. The van der Waals surface area contributed by atoms with Crippen LogP contribution < -0.4 is 4.74 Å². The van der Waals surface area contributed by atoms with E-state index < -0.39 is 5.92 Å². The van der Waals surface area contributed by atoms with E-state index in [1.807, 2.05) is 24.3 Å². The van der Waals surface area contributed by atoms with E-state index in [-0.39, 0.29) is 5.82 Å². The Morgan fingerprint density at radius 1 is 1.19 bits per heavy atom. The molecule has 0 aliphatic carbocycles. The number of benzene rings is 2. The SMILES string of the molecule is O=CC1C(c2cccc(F)c2)=C(CBr)Oc2ccccc21. The average Bonchev–Trinajstić information content (AvgIpc) is 2.52. The molecule has 1 aliphatic rings. The van der Waals surface area contributed by atoms with Crippen molar-refractivity contribution in [1.82, 2.24) is 0 Å². The van der Waals surface area contributed by atoms with Crippen LogP contribution in [0.2, 0.25) is 0 Å². The third kappa shape index (κ3) is 2.51. The highest BCUT2D eigenvalue weighted by atomic mass is 79.9. The Balaban J connectivity index is 2.20. The number of hydrogen-bond acceptors (Lipinski definition) is 2. The maximum absolute atomic E-state index is 13.5. The lowest BCUT2D eigenvalue weighted by Crippen LogP contribution is -2.17. The summed E-state index contributed by atoms with van der Waals surface area (Å²) in [6.45, 7) is 0. The molecule has 0 amide bonds. The second-order valence-corrected chi connectivity index (χ2v) is 5.30. The van der Waals surface area contributed by atoms with Crippen LogP contribution >= 0.6 is 15.9 Å². The van der Waals surface area contributed by atoms with Crippen molar-refractivity contribution in [3.63, 3.8) is 0 Å². The van der Waals surface area contributed by atoms with Gasteiger partial charge in [-0.25, -0.2) is 4.39 Å². The van der Waals surface area contributed by atoms with Crippen LogP contribution in [0.25, 0.3) is 5.57 Å². The quantitative estimate of drug-likeness (QED) is 0.611. The lowest BCUT2D eigenvalue weighted by Gasteiger charge is -2.27. The molecule has 1 atom stereocenters. The molecule has 0 fully saturated rings. The second kappa shape index (κ2) is 5.82. The number of ether oxygens (including phenoxy) is 1. The minimum atomic E-state index is -0.454. The van der Waals surface area contributed by atoms with E-state index in [2.05, 4.69) is 15.9 Å². The van der Waals surface area contributed by atoms with Crippen molar-refractivity contribution in [3.05, 3.63) is 71.2 Å². The topological polar surface area (TPSA) is 26.3 Å². The Morgan fingerprint density at radius 3 is 2.71 bits per heavy atom. The van der Waals surface area contributed by atoms with Crippen molar-refractivity contribution in [2.24, 2.45) is 0 Å². The van der Waals surface area contributed by atoms with Gasteiger partial charge in [-0.3, -0.25) is 0 Å². The minimum absolute atomic E-state index is 0.336. The van der Waals surface area contributed by atoms with Gasteiger partial charge in [0.2, 0.25) is 0 Å². The Morgan fingerprint density at radius 2 is 2.00 bits per heavy atom. The number of carbonyl (C=O) groups excluding carboxylic acids is 1. The number of rotatable bonds is 3. The van der Waals surface area contributed by atoms with E-state index in [1.54, 1.807) is 12.1 Å². The van der Waals surface area contributed by atoms with Crippen LogP contribution in [0.15, 0.2) is 54.3 Å². The number of hydrogen-bond donors (Lipinski definition) is 0. The van der Waals surface area contributed by atoms with Crippen LogP contribution in [-0.4, -0.2) is 11.6 Å². The van der Waals surface area contributed by atoms with Crippen LogP contribution in [0.1, 0.15) is 17.0 Å². The summed E-state index contributed by atoms with van der Waals surface area (Å²) in [6.07, 6.45) is 0.879. The fourth-order valence-electron chi connectivity index (χ4n) is 2.58. The zero-order valence-electron chi connectivity index (χ0n) is 11.1. The van der Waals surface area contributed by atoms with Gasteiger partial charge < -0.3 is 9.53 Å². The highest BCUT2D eigenvalue weighted by Crippen LogP contribution is 2.43. The van der Waals surface area contributed by atoms with Gasteiger partial charge in [-0.15, -0.1) is 0 Å². The molecule has 1 aliphatic heterocycles. The Hall–Kier alpha value is -1.94. The largest absolute Gasteiger partial charge is 0.460 e. The van der Waals surface area contributed by atoms with E-state index in [0.29, 0.717) is 28.0 Å². The number of carbonyl (C=O) groups is 1. The molecule has 0 saturated carbocycles. The number of allylic oxidation sites excluding steroid dienone is 2. The highest BCUT2D eigenvalue weighted by molar-refractivity contribution is 9.09. The van der Waals surface area contributed by atoms with E-state index in [9.17, 15) is 9.18 Å². The third-order valence-corrected chi connectivity index (χ3v) is 4.00. The summed E-state index contributed by atoms with van der Waals surface area (Å²) in [4.78, 5) is 11.7. The fraction of sp³-hybridized carbons (Fsp3) is 0.118. The maximum Gasteiger partial charge on any atom is 0.132 e. The molecule has 1 heterocycles. The molecule has 0 spiro atoms. The van der Waals surface area contributed by atoms with Crippen molar-refractivity contribution in [3.8, 4) is 5.75 Å². The summed E-state index contributed by atoms with van der Waals surface area (Å²) in [5.74, 6) is 0.516. The smallest absolute Gasteiger partial charge is 0.132 e. The van der Waals surface area contributed by atoms with E-state index in [1.165, 1.54) is 12.1 Å². The predicted octanol–water partition coefficient (Wildman–Crippen LogP) is 4.31. The van der Waals surface area contributed by atoms with E-state index >= 15 is 0 Å². The average molecular weight is 347 g/mol. The van der Waals surface area contributed by atoms with Crippen molar-refractivity contribution in [2.45, 2.75) is 5.92 Å². The molecule has 3 rings (SSSR count). The van der Waals surface area contributed by atoms with E-state index in [0.717, 1.165) is 11.8 Å². The number of aldehydes is 1. The Kier molecular flexibility index (Phi) is 3.88. The molecule has 106 valence electrons. The first-order valence-electron chi connectivity index (χ1n) is 6.51. The summed E-state index contributed by atoms with van der Waals surface area (Å²) >= 11 is 3.38. The fourth-order valence-corrected chi connectivity index (χ4v) is 3.00. The molecule has 0 radical (unpaired) electrons. The van der Waals surface area contributed by atoms with Crippen molar-refractivity contribution < 1.29 is 13.9 Å². The molecular weight excluding hydrogens is 335 g/mol. The number of halogens is 2. The van der Waals surface area contributed by atoms with Gasteiger partial charge in [-0.1, -0.05) is 46.3 Å². The molecule has 0 bridgehead atoms. The summed E-state index contributed by atoms with van der Waals surface area (Å²) in [6, 6.07) is 13.6. The van der Waals surface area contributed by atoms with Crippen LogP contribution in [0.4, 0.5) is 4.39 Å². The zero-order chi connectivity index (χ0) is 14.8. The highest BCUT2D eigenvalue weighted by Gasteiger charge is 2.29. The van der Waals surface area contributed by atoms with Gasteiger partial charge in [0, 0.05) is 11.1 Å². The second-order valence-electron chi connectivity index (χ2n) is 4.73. The van der Waals surface area contributed by atoms with Crippen LogP contribution in [0.5, 0.6) is 5.75 Å². The maximum atomic E-state index is 13.5. The predicted molar refractivity (Wildman–Crippen MR) is 83.0 cm³/mol. The third-order valence-electron chi connectivity index (χ3n) is 3.49. The molecule has 0 saturated heterocycles. The standard InChI is InChI=1S/C17H12BrFO2/c18-9-16-17(11-4-3-5-12(19)8-11)14(10-20)13-6-1-2-7-15(13)21-16/h1-8,10,14H,9H2. The van der Waals surface area contributed by atoms with Crippen LogP contribution in [-0.2, 0) is 4.79 Å². The number of fused-ring (bicyclic) bond motifs is 1.